The number of aromatic nitrogens is 1. The fourth-order valence-corrected chi connectivity index (χ4v) is 2.84. The van der Waals surface area contributed by atoms with E-state index in [-0.39, 0.29) is 11.3 Å². The fraction of sp³-hybridized carbons (Fsp3) is 0.294. The van der Waals surface area contributed by atoms with Crippen LogP contribution in [0.2, 0.25) is 5.02 Å². The van der Waals surface area contributed by atoms with E-state index in [0.29, 0.717) is 32.1 Å². The van der Waals surface area contributed by atoms with Crippen LogP contribution in [0.15, 0.2) is 36.5 Å². The molecule has 0 aliphatic carbocycles. The van der Waals surface area contributed by atoms with E-state index in [9.17, 15) is 18.0 Å². The highest BCUT2D eigenvalue weighted by molar-refractivity contribution is 6.31. The lowest BCUT2D eigenvalue weighted by Gasteiger charge is -2.29. The number of nitrogens with zero attached hydrogens (tertiary/aromatic N) is 2. The van der Waals surface area contributed by atoms with Crippen molar-refractivity contribution in [1.82, 2.24) is 4.98 Å². The summed E-state index contributed by atoms with van der Waals surface area (Å²) in [7, 11) is 0. The van der Waals surface area contributed by atoms with Gasteiger partial charge in [-0.2, -0.15) is 13.2 Å². The average molecular weight is 386 g/mol. The standard InChI is InChI=1S/C17H15ClF3N3O2/c18-14-4-3-11(10-13(14)17(19,20)21)23-16(25)12-2-1-5-22-15(12)24-6-8-26-9-7-24/h1-5,10H,6-9H2,(H,23,25). The molecule has 1 aliphatic heterocycles. The van der Waals surface area contributed by atoms with Crippen LogP contribution in [-0.4, -0.2) is 37.2 Å². The first-order valence-electron chi connectivity index (χ1n) is 7.82. The van der Waals surface area contributed by atoms with Crippen LogP contribution in [0.25, 0.3) is 0 Å². The third-order valence-electron chi connectivity index (χ3n) is 3.87. The van der Waals surface area contributed by atoms with E-state index in [1.807, 2.05) is 4.90 Å². The minimum atomic E-state index is -4.61. The average Bonchev–Trinajstić information content (AvgIpc) is 2.63. The van der Waals surface area contributed by atoms with Crippen LogP contribution in [0, 0.1) is 0 Å². The molecular formula is C17H15ClF3N3O2. The minimum Gasteiger partial charge on any atom is -0.378 e. The fourth-order valence-electron chi connectivity index (χ4n) is 2.62. The molecule has 26 heavy (non-hydrogen) atoms. The van der Waals surface area contributed by atoms with Gasteiger partial charge in [0.05, 0.1) is 29.4 Å². The van der Waals surface area contributed by atoms with Crippen molar-refractivity contribution in [3.8, 4) is 0 Å². The predicted molar refractivity (Wildman–Crippen MR) is 91.7 cm³/mol. The normalized spacial score (nSPS) is 15.0. The lowest BCUT2D eigenvalue weighted by Crippen LogP contribution is -2.38. The summed E-state index contributed by atoms with van der Waals surface area (Å²) < 4.78 is 44.2. The van der Waals surface area contributed by atoms with Crippen molar-refractivity contribution in [2.24, 2.45) is 0 Å². The Morgan fingerprint density at radius 1 is 1.23 bits per heavy atom. The van der Waals surface area contributed by atoms with Crippen LogP contribution in [-0.2, 0) is 10.9 Å². The van der Waals surface area contributed by atoms with Crippen molar-refractivity contribution in [2.45, 2.75) is 6.18 Å². The van der Waals surface area contributed by atoms with Crippen molar-refractivity contribution < 1.29 is 22.7 Å². The zero-order valence-electron chi connectivity index (χ0n) is 13.5. The van der Waals surface area contributed by atoms with Crippen LogP contribution in [0.1, 0.15) is 15.9 Å². The number of morpholine rings is 1. The van der Waals surface area contributed by atoms with Crippen molar-refractivity contribution in [2.75, 3.05) is 36.5 Å². The summed E-state index contributed by atoms with van der Waals surface area (Å²) >= 11 is 5.60. The molecule has 1 aliphatic rings. The third kappa shape index (κ3) is 4.08. The van der Waals surface area contributed by atoms with E-state index in [0.717, 1.165) is 12.1 Å². The zero-order chi connectivity index (χ0) is 18.7. The Kier molecular flexibility index (Phi) is 5.33. The molecule has 0 radical (unpaired) electrons. The Balaban J connectivity index is 1.85. The molecule has 1 amide bonds. The molecule has 0 atom stereocenters. The molecule has 1 aromatic heterocycles. The first-order chi connectivity index (χ1) is 12.4. The summed E-state index contributed by atoms with van der Waals surface area (Å²) in [6.07, 6.45) is -3.04. The van der Waals surface area contributed by atoms with Crippen LogP contribution in [0.5, 0.6) is 0 Å². The van der Waals surface area contributed by atoms with Gasteiger partial charge in [-0.15, -0.1) is 0 Å². The molecule has 1 fully saturated rings. The smallest absolute Gasteiger partial charge is 0.378 e. The molecule has 5 nitrogen and oxygen atoms in total. The second kappa shape index (κ2) is 7.51. The van der Waals surface area contributed by atoms with Crippen LogP contribution >= 0.6 is 11.6 Å². The molecule has 0 spiro atoms. The van der Waals surface area contributed by atoms with Crippen LogP contribution in [0.4, 0.5) is 24.7 Å². The largest absolute Gasteiger partial charge is 0.417 e. The van der Waals surface area contributed by atoms with Gasteiger partial charge in [-0.05, 0) is 30.3 Å². The summed E-state index contributed by atoms with van der Waals surface area (Å²) in [6, 6.07) is 6.41. The number of amides is 1. The number of carbonyl (C=O) groups is 1. The molecule has 3 rings (SSSR count). The molecule has 1 saturated heterocycles. The van der Waals surface area contributed by atoms with Gasteiger partial charge in [-0.3, -0.25) is 4.79 Å². The number of halogens is 4. The highest BCUT2D eigenvalue weighted by Gasteiger charge is 2.33. The van der Waals surface area contributed by atoms with E-state index < -0.39 is 22.7 Å². The van der Waals surface area contributed by atoms with Crippen molar-refractivity contribution in [3.63, 3.8) is 0 Å². The maximum absolute atomic E-state index is 13.0. The molecule has 2 aromatic rings. The number of alkyl halides is 3. The number of rotatable bonds is 3. The van der Waals surface area contributed by atoms with E-state index in [1.165, 1.54) is 6.07 Å². The Hall–Kier alpha value is -2.32. The highest BCUT2D eigenvalue weighted by Crippen LogP contribution is 2.36. The monoisotopic (exact) mass is 385 g/mol. The number of hydrogen-bond donors (Lipinski definition) is 1. The van der Waals surface area contributed by atoms with E-state index in [2.05, 4.69) is 10.3 Å². The molecule has 0 saturated carbocycles. The van der Waals surface area contributed by atoms with Crippen LogP contribution < -0.4 is 10.2 Å². The Bertz CT molecular complexity index is 808. The second-order valence-corrected chi connectivity index (χ2v) is 6.03. The zero-order valence-corrected chi connectivity index (χ0v) is 14.3. The topological polar surface area (TPSA) is 54.5 Å². The van der Waals surface area contributed by atoms with Gasteiger partial charge in [0.25, 0.3) is 5.91 Å². The van der Waals surface area contributed by atoms with Gasteiger partial charge in [0.15, 0.2) is 0 Å². The summed E-state index contributed by atoms with van der Waals surface area (Å²) in [5, 5.41) is 2.06. The number of hydrogen-bond acceptors (Lipinski definition) is 4. The van der Waals surface area contributed by atoms with Crippen LogP contribution in [0.3, 0.4) is 0 Å². The third-order valence-corrected chi connectivity index (χ3v) is 4.20. The Morgan fingerprint density at radius 2 is 1.96 bits per heavy atom. The molecule has 1 aromatic carbocycles. The van der Waals surface area contributed by atoms with Gasteiger partial charge >= 0.3 is 6.18 Å². The van der Waals surface area contributed by atoms with Gasteiger partial charge in [0.2, 0.25) is 0 Å². The molecule has 0 unspecified atom stereocenters. The minimum absolute atomic E-state index is 0.00325. The quantitative estimate of drug-likeness (QED) is 0.872. The number of anilines is 2. The van der Waals surface area contributed by atoms with Gasteiger partial charge in [-0.1, -0.05) is 11.6 Å². The molecule has 0 bridgehead atoms. The first-order valence-corrected chi connectivity index (χ1v) is 8.20. The summed E-state index contributed by atoms with van der Waals surface area (Å²) in [5.74, 6) is -0.0756. The number of nitrogens with one attached hydrogen (secondary N) is 1. The Labute approximate surface area is 152 Å². The summed E-state index contributed by atoms with van der Waals surface area (Å²) in [4.78, 5) is 18.7. The lowest BCUT2D eigenvalue weighted by atomic mass is 10.1. The predicted octanol–water partition coefficient (Wildman–Crippen LogP) is 3.84. The SMILES string of the molecule is O=C(Nc1ccc(Cl)c(C(F)(F)F)c1)c1cccnc1N1CCOCC1. The van der Waals surface area contributed by atoms with Crippen molar-refractivity contribution in [3.05, 3.63) is 52.7 Å². The van der Waals surface area contributed by atoms with Gasteiger partial charge < -0.3 is 15.0 Å². The van der Waals surface area contributed by atoms with Gasteiger partial charge in [-0.25, -0.2) is 4.98 Å². The van der Waals surface area contributed by atoms with Crippen molar-refractivity contribution >= 4 is 29.0 Å². The van der Waals surface area contributed by atoms with E-state index >= 15 is 0 Å². The maximum Gasteiger partial charge on any atom is 0.417 e. The molecular weight excluding hydrogens is 371 g/mol. The Morgan fingerprint density at radius 3 is 2.65 bits per heavy atom. The molecule has 2 heterocycles. The van der Waals surface area contributed by atoms with E-state index in [4.69, 9.17) is 16.3 Å². The lowest BCUT2D eigenvalue weighted by molar-refractivity contribution is -0.137. The summed E-state index contributed by atoms with van der Waals surface area (Å²) in [6.45, 7) is 2.19. The van der Waals surface area contributed by atoms with E-state index in [1.54, 1.807) is 18.3 Å². The van der Waals surface area contributed by atoms with Gasteiger partial charge in [0.1, 0.15) is 5.82 Å². The first kappa shape index (κ1) is 18.5. The number of pyridine rings is 1. The number of carbonyl (C=O) groups excluding carboxylic acids is 1. The number of ether oxygens (including phenoxy) is 1. The summed E-state index contributed by atoms with van der Waals surface area (Å²) in [5.41, 5.74) is -0.724. The highest BCUT2D eigenvalue weighted by atomic mass is 35.5. The van der Waals surface area contributed by atoms with Gasteiger partial charge in [0, 0.05) is 25.0 Å². The molecule has 9 heteroatoms. The molecule has 138 valence electrons. The second-order valence-electron chi connectivity index (χ2n) is 5.62. The molecule has 1 N–H and O–H groups in total. The van der Waals surface area contributed by atoms with Crippen molar-refractivity contribution in [1.29, 1.82) is 0 Å². The maximum atomic E-state index is 13.0. The number of benzene rings is 1.